The number of unbranched alkanes of at least 4 members (excludes halogenated alkanes) is 35. The molecular formula is C49H94O5. The number of carbonyl (C=O) groups is 2. The Balaban J connectivity index is 3.46. The lowest BCUT2D eigenvalue weighted by Crippen LogP contribution is -2.28. The molecule has 0 aromatic heterocycles. The maximum absolute atomic E-state index is 12.2. The maximum atomic E-state index is 12.2. The molecule has 0 radical (unpaired) electrons. The van der Waals surface area contributed by atoms with E-state index in [0.717, 1.165) is 32.1 Å². The van der Waals surface area contributed by atoms with Gasteiger partial charge in [0.15, 0.2) is 6.10 Å². The first kappa shape index (κ1) is 52.6. The van der Waals surface area contributed by atoms with Crippen molar-refractivity contribution in [3.63, 3.8) is 0 Å². The van der Waals surface area contributed by atoms with Crippen LogP contribution in [-0.2, 0) is 19.1 Å². The van der Waals surface area contributed by atoms with Gasteiger partial charge in [-0.05, 0) is 38.5 Å². The van der Waals surface area contributed by atoms with Gasteiger partial charge in [-0.15, -0.1) is 0 Å². The van der Waals surface area contributed by atoms with Crippen LogP contribution in [0.25, 0.3) is 0 Å². The summed E-state index contributed by atoms with van der Waals surface area (Å²) in [5.74, 6) is -0.576. The van der Waals surface area contributed by atoms with Gasteiger partial charge in [0.1, 0.15) is 6.61 Å². The van der Waals surface area contributed by atoms with E-state index in [1.54, 1.807) is 0 Å². The zero-order valence-corrected chi connectivity index (χ0v) is 36.5. The van der Waals surface area contributed by atoms with E-state index >= 15 is 0 Å². The molecule has 320 valence electrons. The van der Waals surface area contributed by atoms with Crippen molar-refractivity contribution in [1.29, 1.82) is 0 Å². The molecule has 0 aliphatic rings. The van der Waals surface area contributed by atoms with Crippen molar-refractivity contribution in [2.24, 2.45) is 0 Å². The van der Waals surface area contributed by atoms with Gasteiger partial charge in [-0.1, -0.05) is 231 Å². The third-order valence-electron chi connectivity index (χ3n) is 11.1. The Morgan fingerprint density at radius 3 is 1.00 bits per heavy atom. The van der Waals surface area contributed by atoms with Crippen molar-refractivity contribution < 1.29 is 24.2 Å². The van der Waals surface area contributed by atoms with Gasteiger partial charge in [0.25, 0.3) is 0 Å². The molecule has 5 nitrogen and oxygen atoms in total. The monoisotopic (exact) mass is 763 g/mol. The third kappa shape index (κ3) is 43.4. The lowest BCUT2D eigenvalue weighted by molar-refractivity contribution is -0.161. The highest BCUT2D eigenvalue weighted by molar-refractivity contribution is 5.70. The molecule has 0 saturated carbocycles. The lowest BCUT2D eigenvalue weighted by Gasteiger charge is -2.15. The van der Waals surface area contributed by atoms with Crippen molar-refractivity contribution in [2.45, 2.75) is 277 Å². The minimum atomic E-state index is -0.767. The van der Waals surface area contributed by atoms with Crippen LogP contribution in [0.3, 0.4) is 0 Å². The molecule has 5 heteroatoms. The summed E-state index contributed by atoms with van der Waals surface area (Å²) in [5, 5.41) is 9.61. The van der Waals surface area contributed by atoms with E-state index in [4.69, 9.17) is 9.47 Å². The number of ether oxygens (including phenoxy) is 2. The van der Waals surface area contributed by atoms with Gasteiger partial charge in [-0.25, -0.2) is 0 Å². The van der Waals surface area contributed by atoms with Crippen molar-refractivity contribution >= 4 is 11.9 Å². The summed E-state index contributed by atoms with van der Waals surface area (Å²) in [6.45, 7) is 4.18. The van der Waals surface area contributed by atoms with Gasteiger partial charge in [0.05, 0.1) is 6.61 Å². The fourth-order valence-electron chi connectivity index (χ4n) is 7.38. The van der Waals surface area contributed by atoms with Crippen LogP contribution >= 0.6 is 0 Å². The lowest BCUT2D eigenvalue weighted by atomic mass is 10.0. The van der Waals surface area contributed by atoms with Crippen LogP contribution in [0.5, 0.6) is 0 Å². The van der Waals surface area contributed by atoms with Crippen molar-refractivity contribution in [1.82, 2.24) is 0 Å². The second kappa shape index (κ2) is 46.0. The van der Waals surface area contributed by atoms with Crippen LogP contribution in [0.1, 0.15) is 271 Å². The summed E-state index contributed by atoms with van der Waals surface area (Å²) in [6.07, 6.45) is 54.4. The topological polar surface area (TPSA) is 72.8 Å². The highest BCUT2D eigenvalue weighted by atomic mass is 16.6. The van der Waals surface area contributed by atoms with E-state index in [1.165, 1.54) is 212 Å². The molecule has 0 aliphatic carbocycles. The Morgan fingerprint density at radius 2 is 0.685 bits per heavy atom. The van der Waals surface area contributed by atoms with Crippen LogP contribution < -0.4 is 0 Å². The van der Waals surface area contributed by atoms with Gasteiger partial charge < -0.3 is 14.6 Å². The molecule has 1 unspecified atom stereocenters. The van der Waals surface area contributed by atoms with Crippen LogP contribution in [0.4, 0.5) is 0 Å². The van der Waals surface area contributed by atoms with E-state index in [1.807, 2.05) is 0 Å². The van der Waals surface area contributed by atoms with Crippen LogP contribution in [0.15, 0.2) is 12.2 Å². The third-order valence-corrected chi connectivity index (χ3v) is 11.1. The summed E-state index contributed by atoms with van der Waals surface area (Å²) in [4.78, 5) is 24.4. The number of hydrogen-bond donors (Lipinski definition) is 1. The molecule has 0 aromatic rings. The molecule has 0 amide bonds. The zero-order valence-electron chi connectivity index (χ0n) is 36.5. The zero-order chi connectivity index (χ0) is 39.3. The van der Waals surface area contributed by atoms with E-state index in [9.17, 15) is 14.7 Å². The summed E-state index contributed by atoms with van der Waals surface area (Å²) in [7, 11) is 0. The van der Waals surface area contributed by atoms with E-state index in [-0.39, 0.29) is 25.2 Å². The molecule has 1 atom stereocenters. The van der Waals surface area contributed by atoms with Gasteiger partial charge >= 0.3 is 11.9 Å². The molecular weight excluding hydrogens is 669 g/mol. The number of aliphatic hydroxyl groups excluding tert-OH is 1. The van der Waals surface area contributed by atoms with E-state index < -0.39 is 6.10 Å². The Kier molecular flexibility index (Phi) is 44.9. The second-order valence-electron chi connectivity index (χ2n) is 16.5. The highest BCUT2D eigenvalue weighted by Crippen LogP contribution is 2.16. The molecule has 0 bridgehead atoms. The Morgan fingerprint density at radius 1 is 0.407 bits per heavy atom. The number of carbonyl (C=O) groups excluding carboxylic acids is 2. The molecule has 54 heavy (non-hydrogen) atoms. The largest absolute Gasteiger partial charge is 0.462 e. The average Bonchev–Trinajstić information content (AvgIpc) is 3.17. The quantitative estimate of drug-likeness (QED) is 0.0380. The first-order valence-corrected chi connectivity index (χ1v) is 24.2. The van der Waals surface area contributed by atoms with Crippen LogP contribution in [0.2, 0.25) is 0 Å². The van der Waals surface area contributed by atoms with Crippen molar-refractivity contribution in [3.05, 3.63) is 12.2 Å². The normalized spacial score (nSPS) is 12.1. The predicted molar refractivity (Wildman–Crippen MR) is 233 cm³/mol. The van der Waals surface area contributed by atoms with Gasteiger partial charge in [0.2, 0.25) is 0 Å². The second-order valence-corrected chi connectivity index (χ2v) is 16.5. The molecule has 0 aromatic carbocycles. The SMILES string of the molecule is CCCCCCCCC=CCCCCCCCCCCCC(=O)OC(CO)COC(=O)CCCCCCCCCCCCCCCCCCCCCCC. The molecule has 0 heterocycles. The molecule has 0 saturated heterocycles. The predicted octanol–water partition coefficient (Wildman–Crippen LogP) is 15.6. The minimum Gasteiger partial charge on any atom is -0.462 e. The highest BCUT2D eigenvalue weighted by Gasteiger charge is 2.16. The molecule has 0 aliphatic heterocycles. The standard InChI is InChI=1S/C49H94O5/c1-3-5-7-9-11-13-15-17-19-21-23-24-26-27-29-31-33-35-37-39-41-43-48(51)53-46-47(45-50)54-49(52)44-42-40-38-36-34-32-30-28-25-22-20-18-16-14-12-10-8-6-4-2/h18,20,47,50H,3-17,19,21-46H2,1-2H3. The van der Waals surface area contributed by atoms with Crippen LogP contribution in [0, 0.1) is 0 Å². The molecule has 1 N–H and O–H groups in total. The van der Waals surface area contributed by atoms with Crippen LogP contribution in [-0.4, -0.2) is 36.4 Å². The molecule has 0 rings (SSSR count). The minimum absolute atomic E-state index is 0.0597. The smallest absolute Gasteiger partial charge is 0.306 e. The van der Waals surface area contributed by atoms with Gasteiger partial charge in [-0.2, -0.15) is 0 Å². The first-order valence-electron chi connectivity index (χ1n) is 24.2. The fraction of sp³-hybridized carbons (Fsp3) is 0.918. The van der Waals surface area contributed by atoms with Crippen molar-refractivity contribution in [3.8, 4) is 0 Å². The number of esters is 2. The average molecular weight is 763 g/mol. The number of allylic oxidation sites excluding steroid dienone is 2. The summed E-state index contributed by atoms with van der Waals surface area (Å²) >= 11 is 0. The maximum Gasteiger partial charge on any atom is 0.306 e. The number of rotatable bonds is 45. The van der Waals surface area contributed by atoms with Gasteiger partial charge in [0, 0.05) is 12.8 Å². The first-order chi connectivity index (χ1) is 26.6. The summed E-state index contributed by atoms with van der Waals surface area (Å²) in [6, 6.07) is 0. The summed E-state index contributed by atoms with van der Waals surface area (Å²) < 4.78 is 10.7. The fourth-order valence-corrected chi connectivity index (χ4v) is 7.38. The van der Waals surface area contributed by atoms with E-state index in [0.29, 0.717) is 12.8 Å². The number of aliphatic hydroxyl groups is 1. The molecule has 0 fully saturated rings. The summed E-state index contributed by atoms with van der Waals surface area (Å²) in [5.41, 5.74) is 0. The Bertz CT molecular complexity index is 780. The van der Waals surface area contributed by atoms with Gasteiger partial charge in [-0.3, -0.25) is 9.59 Å². The Hall–Kier alpha value is -1.36. The molecule has 0 spiro atoms. The van der Waals surface area contributed by atoms with E-state index in [2.05, 4.69) is 26.0 Å². The Labute approximate surface area is 337 Å². The van der Waals surface area contributed by atoms with Crippen molar-refractivity contribution in [2.75, 3.05) is 13.2 Å². The number of hydrogen-bond acceptors (Lipinski definition) is 5.